The van der Waals surface area contributed by atoms with Gasteiger partial charge in [0.1, 0.15) is 11.6 Å². The second-order valence-electron chi connectivity index (χ2n) is 16.0. The quantitative estimate of drug-likeness (QED) is 0.0611. The Morgan fingerprint density at radius 2 is 1.07 bits per heavy atom. The normalized spacial score (nSPS) is 11.6. The van der Waals surface area contributed by atoms with Crippen molar-refractivity contribution in [2.75, 3.05) is 5.73 Å². The predicted molar refractivity (Wildman–Crippen MR) is 267 cm³/mol. The van der Waals surface area contributed by atoms with Crippen LogP contribution in [0.25, 0.3) is 22.5 Å². The second-order valence-corrected chi connectivity index (χ2v) is 23.4. The van der Waals surface area contributed by atoms with E-state index in [9.17, 15) is 35.7 Å². The first kappa shape index (κ1) is 52.3. The third kappa shape index (κ3) is 15.0. The van der Waals surface area contributed by atoms with E-state index in [-0.39, 0.29) is 43.2 Å². The van der Waals surface area contributed by atoms with E-state index in [1.807, 2.05) is 57.7 Å². The van der Waals surface area contributed by atoms with Crippen LogP contribution in [0.2, 0.25) is 0 Å². The van der Waals surface area contributed by atoms with Gasteiger partial charge in [-0.25, -0.2) is 55.0 Å². The maximum Gasteiger partial charge on any atom is 0.252 e. The molecule has 4 aromatic carbocycles. The number of anilines is 1. The zero-order valence-electron chi connectivity index (χ0n) is 37.4. The summed E-state index contributed by atoms with van der Waals surface area (Å²) in [5.41, 5.74) is 12.0. The molecular weight excluding hydrogens is 1030 g/mol. The van der Waals surface area contributed by atoms with Gasteiger partial charge in [0.05, 0.1) is 48.8 Å². The highest BCUT2D eigenvalue weighted by atomic mass is 79.9. The Morgan fingerprint density at radius 3 is 1.45 bits per heavy atom. The lowest BCUT2D eigenvalue weighted by molar-refractivity contribution is -0.555. The molecule has 0 aliphatic rings. The second kappa shape index (κ2) is 23.5. The van der Waals surface area contributed by atoms with Crippen LogP contribution in [0.15, 0.2) is 147 Å². The van der Waals surface area contributed by atoms with Crippen LogP contribution in [0.1, 0.15) is 43.0 Å². The maximum absolute atomic E-state index is 13.1. The molecule has 0 saturated carbocycles. The van der Waals surface area contributed by atoms with Gasteiger partial charge in [-0.15, -0.1) is 0 Å². The molecule has 0 aliphatic heterocycles. The minimum absolute atomic E-state index is 0.0758. The number of rotatable bonds is 16. The van der Waals surface area contributed by atoms with Crippen LogP contribution < -0.4 is 15.2 Å². The monoisotopic (exact) mass is 1080 g/mol. The van der Waals surface area contributed by atoms with Crippen molar-refractivity contribution in [2.45, 2.75) is 73.7 Å². The van der Waals surface area contributed by atoms with E-state index < -0.39 is 25.6 Å². The summed E-state index contributed by atoms with van der Waals surface area (Å²) < 4.78 is 86.4. The van der Waals surface area contributed by atoms with Crippen molar-refractivity contribution in [2.24, 2.45) is 0 Å². The number of halogens is 3. The molecule has 0 fully saturated rings. The van der Waals surface area contributed by atoms with Crippen LogP contribution in [0.5, 0.6) is 0 Å². The van der Waals surface area contributed by atoms with Gasteiger partial charge in [0, 0.05) is 63.0 Å². The molecule has 0 spiro atoms. The minimum Gasteiger partial charge on any atom is -0.375 e. The van der Waals surface area contributed by atoms with Gasteiger partial charge in [-0.3, -0.25) is 10.1 Å². The summed E-state index contributed by atoms with van der Waals surface area (Å²) in [7, 11) is -7.37. The summed E-state index contributed by atoms with van der Waals surface area (Å²) in [4.78, 5) is 25.8. The molecule has 0 atom stereocenters. The highest BCUT2D eigenvalue weighted by Crippen LogP contribution is 2.28. The zero-order chi connectivity index (χ0) is 49.8. The van der Waals surface area contributed by atoms with Crippen molar-refractivity contribution < 1.29 is 30.5 Å². The summed E-state index contributed by atoms with van der Waals surface area (Å²) in [5.74, 6) is -0.515. The number of nitrogen functional groups attached to an aromatic ring is 1. The number of nitro groups is 1. The number of nitrogens with zero attached hydrogens (tertiary/aromatic N) is 7. The van der Waals surface area contributed by atoms with E-state index in [1.165, 1.54) is 36.7 Å². The largest absolute Gasteiger partial charge is 0.375 e. The summed E-state index contributed by atoms with van der Waals surface area (Å²) in [5, 5.41) is 10.0. The van der Waals surface area contributed by atoms with E-state index in [1.54, 1.807) is 70.1 Å². The molecular formula is C46H47BrF2N10O6S4. The van der Waals surface area contributed by atoms with E-state index in [2.05, 4.69) is 45.3 Å². The first-order chi connectivity index (χ1) is 32.8. The van der Waals surface area contributed by atoms with Gasteiger partial charge in [-0.2, -0.15) is 0 Å². The Morgan fingerprint density at radius 1 is 0.667 bits per heavy atom. The Labute approximate surface area is 414 Å². The van der Waals surface area contributed by atoms with Crippen LogP contribution in [0.4, 0.5) is 13.9 Å². The van der Waals surface area contributed by atoms with E-state index in [0.29, 0.717) is 23.4 Å². The number of aromatic nitrogens is 6. The third-order valence-corrected chi connectivity index (χ3v) is 16.1. The molecule has 0 radical (unpaired) electrons. The lowest BCUT2D eigenvalue weighted by atomic mass is 10.0. The Hall–Kier alpha value is -6.08. The number of benzene rings is 4. The molecule has 69 heavy (non-hydrogen) atoms. The van der Waals surface area contributed by atoms with Crippen LogP contribution in [0.3, 0.4) is 0 Å². The minimum atomic E-state index is -3.71. The fourth-order valence-corrected chi connectivity index (χ4v) is 11.2. The van der Waals surface area contributed by atoms with Crippen LogP contribution in [0, 0.1) is 21.7 Å². The number of hydrogen-bond acceptors (Lipinski definition) is 13. The van der Waals surface area contributed by atoms with Gasteiger partial charge < -0.3 is 14.9 Å². The van der Waals surface area contributed by atoms with E-state index in [0.717, 1.165) is 73.9 Å². The van der Waals surface area contributed by atoms with Gasteiger partial charge in [-0.05, 0) is 75.3 Å². The van der Waals surface area contributed by atoms with Crippen molar-refractivity contribution >= 4 is 63.8 Å². The molecule has 0 unspecified atom stereocenters. The Kier molecular flexibility index (Phi) is 17.8. The molecule has 16 nitrogen and oxygen atoms in total. The highest BCUT2D eigenvalue weighted by Gasteiger charge is 2.22. The number of hydrogen-bond donors (Lipinski definition) is 3. The third-order valence-electron chi connectivity index (χ3n) is 10.1. The first-order valence-electron chi connectivity index (χ1n) is 20.9. The van der Waals surface area contributed by atoms with E-state index >= 15 is 0 Å². The summed E-state index contributed by atoms with van der Waals surface area (Å²) in [6, 6.07) is 28.0. The lowest BCUT2D eigenvalue weighted by Crippen LogP contribution is -2.25. The lowest BCUT2D eigenvalue weighted by Gasteiger charge is -2.13. The molecule has 362 valence electrons. The first-order valence-corrected chi connectivity index (χ1v) is 26.3. The topological polar surface area (TPSA) is 223 Å². The average molecular weight is 1080 g/mol. The summed E-state index contributed by atoms with van der Waals surface area (Å²) in [6.07, 6.45) is 11.0. The SMILES string of the molecule is CC(C)(C)[N+](=O)[O-].Nc1ncc(S(=O)(=O)NCc2ccccc2-c2cncn2CCc2ccc(F)cc2)s1.O=S(=O)(NCc1ccccc1-c1cncn1CCc1ccc(F)cc1)c1cnc(Br)s1. The average Bonchev–Trinajstić information content (AvgIpc) is 4.17. The molecule has 8 aromatic rings. The molecule has 0 bridgehead atoms. The Balaban J connectivity index is 0.000000199. The highest BCUT2D eigenvalue weighted by molar-refractivity contribution is 9.11. The molecule has 4 N–H and O–H groups in total. The standard InChI is InChI=1S/C21H18BrFN4O2S2.C21H20FN5O2S2.C4H9NO2/c22-21-25-13-20(30-21)31(28,29)26-11-16-3-1-2-4-18(16)19-12-24-14-27(19)10-9-15-5-7-17(23)8-6-15;22-17-7-5-15(6-8-17)9-10-27-14-24-12-19(27)18-4-2-1-3-16(18)11-26-31(28,29)20-13-25-21(23)30-20;1-4(2,3)5(6)7/h1-8,12-14,26H,9-11H2;1-8,12-14,26H,9-11H2,(H2,23,25);1-3H3. The van der Waals surface area contributed by atoms with Gasteiger partial charge in [-0.1, -0.05) is 95.5 Å². The van der Waals surface area contributed by atoms with Crippen LogP contribution in [-0.4, -0.2) is 56.4 Å². The fraction of sp³-hybridized carbons (Fsp3) is 0.217. The zero-order valence-corrected chi connectivity index (χ0v) is 42.2. The number of imidazole rings is 2. The molecule has 4 heterocycles. The molecule has 4 aromatic heterocycles. The van der Waals surface area contributed by atoms with E-state index in [4.69, 9.17) is 5.73 Å². The van der Waals surface area contributed by atoms with Crippen molar-refractivity contribution in [3.05, 3.63) is 182 Å². The van der Waals surface area contributed by atoms with Gasteiger partial charge >= 0.3 is 0 Å². The van der Waals surface area contributed by atoms with Gasteiger partial charge in [0.15, 0.2) is 17.5 Å². The fourth-order valence-electron chi connectivity index (χ4n) is 6.34. The maximum atomic E-state index is 13.1. The number of aryl methyl sites for hydroxylation is 4. The number of nitrogens with one attached hydrogen (secondary N) is 2. The summed E-state index contributed by atoms with van der Waals surface area (Å²) >= 11 is 5.16. The molecule has 0 saturated heterocycles. The number of thiazole rings is 2. The predicted octanol–water partition coefficient (Wildman–Crippen LogP) is 9.14. The molecule has 0 amide bonds. The number of nitrogens with two attached hydrogens (primary N) is 1. The molecule has 8 rings (SSSR count). The summed E-state index contributed by atoms with van der Waals surface area (Å²) in [6.45, 7) is 6.25. The molecule has 23 heteroatoms. The van der Waals surface area contributed by atoms with Crippen molar-refractivity contribution in [3.63, 3.8) is 0 Å². The Bertz CT molecular complexity index is 2990. The van der Waals surface area contributed by atoms with Crippen LogP contribution in [-0.2, 0) is 59.1 Å². The number of sulfonamides is 2. The van der Waals surface area contributed by atoms with Crippen molar-refractivity contribution in [3.8, 4) is 22.5 Å². The molecule has 0 aliphatic carbocycles. The van der Waals surface area contributed by atoms with Gasteiger partial charge in [0.2, 0.25) is 5.54 Å². The smallest absolute Gasteiger partial charge is 0.252 e. The van der Waals surface area contributed by atoms with Crippen LogP contribution >= 0.6 is 38.6 Å². The van der Waals surface area contributed by atoms with Gasteiger partial charge in [0.25, 0.3) is 20.0 Å². The van der Waals surface area contributed by atoms with Crippen molar-refractivity contribution in [1.82, 2.24) is 38.5 Å². The van der Waals surface area contributed by atoms with Crippen molar-refractivity contribution in [1.29, 1.82) is 0 Å².